The number of hydrogen-bond acceptors (Lipinski definition) is 2. The fraction of sp³-hybridized carbons (Fsp3) is 0.286. The van der Waals surface area contributed by atoms with Crippen LogP contribution in [0.4, 0.5) is 0 Å². The van der Waals surface area contributed by atoms with Crippen LogP contribution in [-0.4, -0.2) is 11.5 Å². The molecule has 0 unspecified atom stereocenters. The molecule has 9 heavy (non-hydrogen) atoms. The molecular weight excluding hydrogens is 132 g/mol. The van der Waals surface area contributed by atoms with Gasteiger partial charge in [0.15, 0.2) is 5.78 Å². The van der Waals surface area contributed by atoms with Crippen molar-refractivity contribution in [1.82, 2.24) is 0 Å². The number of carbonyl (C=O) groups is 1. The minimum absolute atomic E-state index is 0.0671. The predicted octanol–water partition coefficient (Wildman–Crippen LogP) is 1.76. The largest absolute Gasteiger partial charge is 0.289 e. The molecule has 48 valence electrons. The number of hydrogen-bond donors (Lipinski definition) is 0. The zero-order valence-corrected chi connectivity index (χ0v) is 5.91. The summed E-state index contributed by atoms with van der Waals surface area (Å²) in [7, 11) is 0. The third-order valence-electron chi connectivity index (χ3n) is 1.13. The van der Waals surface area contributed by atoms with Crippen molar-refractivity contribution in [3.05, 3.63) is 23.6 Å². The second-order valence-corrected chi connectivity index (χ2v) is 2.91. The standard InChI is InChI=1S/C7H8OS/c1-2-6(8)7-4-3-5-9-7/h2,4H,1,3,5H2. The molecule has 1 aliphatic heterocycles. The van der Waals surface area contributed by atoms with E-state index >= 15 is 0 Å². The van der Waals surface area contributed by atoms with Gasteiger partial charge in [0.2, 0.25) is 0 Å². The Hall–Kier alpha value is -0.500. The van der Waals surface area contributed by atoms with Gasteiger partial charge in [-0.2, -0.15) is 0 Å². The van der Waals surface area contributed by atoms with Crippen molar-refractivity contribution in [2.45, 2.75) is 6.42 Å². The van der Waals surface area contributed by atoms with Crippen molar-refractivity contribution in [3.8, 4) is 0 Å². The molecule has 0 atom stereocenters. The Bertz CT molecular complexity index is 170. The zero-order valence-electron chi connectivity index (χ0n) is 5.09. The molecule has 1 rings (SSSR count). The first-order valence-corrected chi connectivity index (χ1v) is 3.83. The lowest BCUT2D eigenvalue weighted by Gasteiger charge is -1.90. The topological polar surface area (TPSA) is 17.1 Å². The van der Waals surface area contributed by atoms with Crippen LogP contribution in [0.1, 0.15) is 6.42 Å². The average Bonchev–Trinajstić information content (AvgIpc) is 2.37. The van der Waals surface area contributed by atoms with E-state index in [9.17, 15) is 4.79 Å². The maximum atomic E-state index is 10.8. The lowest BCUT2D eigenvalue weighted by atomic mass is 10.3. The molecule has 0 aromatic carbocycles. The fourth-order valence-electron chi connectivity index (χ4n) is 0.690. The summed E-state index contributed by atoms with van der Waals surface area (Å²) in [5.74, 6) is 1.12. The molecular formula is C7H8OS. The summed E-state index contributed by atoms with van der Waals surface area (Å²) < 4.78 is 0. The minimum atomic E-state index is 0.0671. The second-order valence-electron chi connectivity index (χ2n) is 1.77. The number of allylic oxidation sites excluding steroid dienone is 3. The van der Waals surface area contributed by atoms with Gasteiger partial charge in [0, 0.05) is 5.75 Å². The van der Waals surface area contributed by atoms with Gasteiger partial charge >= 0.3 is 0 Å². The van der Waals surface area contributed by atoms with E-state index < -0.39 is 0 Å². The van der Waals surface area contributed by atoms with E-state index in [-0.39, 0.29) is 5.78 Å². The average molecular weight is 140 g/mol. The molecule has 0 radical (unpaired) electrons. The van der Waals surface area contributed by atoms with Crippen molar-refractivity contribution in [2.75, 3.05) is 5.75 Å². The molecule has 1 aliphatic rings. The van der Waals surface area contributed by atoms with Crippen LogP contribution in [-0.2, 0) is 4.79 Å². The van der Waals surface area contributed by atoms with E-state index in [0.717, 1.165) is 17.1 Å². The lowest BCUT2D eigenvalue weighted by molar-refractivity contribution is -0.110. The van der Waals surface area contributed by atoms with E-state index in [0.29, 0.717) is 0 Å². The highest BCUT2D eigenvalue weighted by atomic mass is 32.2. The van der Waals surface area contributed by atoms with Crippen LogP contribution < -0.4 is 0 Å². The van der Waals surface area contributed by atoms with E-state index in [1.165, 1.54) is 6.08 Å². The van der Waals surface area contributed by atoms with Gasteiger partial charge in [0.1, 0.15) is 0 Å². The summed E-state index contributed by atoms with van der Waals surface area (Å²) in [6, 6.07) is 0. The first kappa shape index (κ1) is 6.62. The number of carbonyl (C=O) groups excluding carboxylic acids is 1. The maximum Gasteiger partial charge on any atom is 0.191 e. The minimum Gasteiger partial charge on any atom is -0.289 e. The summed E-state index contributed by atoms with van der Waals surface area (Å²) in [5, 5.41) is 0. The van der Waals surface area contributed by atoms with Crippen molar-refractivity contribution >= 4 is 17.5 Å². The van der Waals surface area contributed by atoms with E-state index in [4.69, 9.17) is 0 Å². The third-order valence-corrected chi connectivity index (χ3v) is 2.25. The quantitative estimate of drug-likeness (QED) is 0.544. The zero-order chi connectivity index (χ0) is 6.69. The van der Waals surface area contributed by atoms with Gasteiger partial charge in [-0.05, 0) is 12.5 Å². The summed E-state index contributed by atoms with van der Waals surface area (Å²) in [6.45, 7) is 3.40. The van der Waals surface area contributed by atoms with Gasteiger partial charge in [0.05, 0.1) is 4.91 Å². The second kappa shape index (κ2) is 2.87. The monoisotopic (exact) mass is 140 g/mol. The summed E-state index contributed by atoms with van der Waals surface area (Å²) >= 11 is 1.62. The maximum absolute atomic E-state index is 10.8. The Balaban J connectivity index is 2.61. The van der Waals surface area contributed by atoms with Crippen LogP contribution in [0.2, 0.25) is 0 Å². The summed E-state index contributed by atoms with van der Waals surface area (Å²) in [5.41, 5.74) is 0. The van der Waals surface area contributed by atoms with E-state index in [2.05, 4.69) is 6.58 Å². The lowest BCUT2D eigenvalue weighted by Crippen LogP contribution is -1.89. The molecule has 0 amide bonds. The molecule has 2 heteroatoms. The molecule has 0 aromatic heterocycles. The van der Waals surface area contributed by atoms with Crippen LogP contribution in [0.3, 0.4) is 0 Å². The van der Waals surface area contributed by atoms with Crippen LogP contribution in [0.25, 0.3) is 0 Å². The Morgan fingerprint density at radius 2 is 2.67 bits per heavy atom. The number of rotatable bonds is 2. The van der Waals surface area contributed by atoms with Gasteiger partial charge < -0.3 is 0 Å². The number of ketones is 1. The third kappa shape index (κ3) is 1.45. The molecule has 1 heterocycles. The van der Waals surface area contributed by atoms with Gasteiger partial charge in [-0.1, -0.05) is 12.7 Å². The Kier molecular flexibility index (Phi) is 2.11. The molecule has 0 spiro atoms. The Labute approximate surface area is 58.8 Å². The highest BCUT2D eigenvalue weighted by Gasteiger charge is 2.09. The van der Waals surface area contributed by atoms with Crippen LogP contribution >= 0.6 is 11.8 Å². The molecule has 0 saturated carbocycles. The highest BCUT2D eigenvalue weighted by Crippen LogP contribution is 2.25. The normalized spacial score (nSPS) is 17.1. The van der Waals surface area contributed by atoms with Crippen molar-refractivity contribution in [1.29, 1.82) is 0 Å². The van der Waals surface area contributed by atoms with Crippen LogP contribution in [0.5, 0.6) is 0 Å². The molecule has 0 fully saturated rings. The van der Waals surface area contributed by atoms with Crippen LogP contribution in [0.15, 0.2) is 23.6 Å². The van der Waals surface area contributed by atoms with E-state index in [1.54, 1.807) is 11.8 Å². The first-order chi connectivity index (χ1) is 4.34. The van der Waals surface area contributed by atoms with Gasteiger partial charge in [-0.15, -0.1) is 11.8 Å². The fourth-order valence-corrected chi connectivity index (χ4v) is 1.61. The SMILES string of the molecule is C=CC(=O)C1=CCCS1. The Morgan fingerprint density at radius 3 is 3.11 bits per heavy atom. The van der Waals surface area contributed by atoms with Crippen LogP contribution in [0, 0.1) is 0 Å². The molecule has 0 N–H and O–H groups in total. The predicted molar refractivity (Wildman–Crippen MR) is 40.4 cm³/mol. The Morgan fingerprint density at radius 1 is 1.89 bits per heavy atom. The molecule has 0 aromatic rings. The molecule has 1 nitrogen and oxygen atoms in total. The number of thioether (sulfide) groups is 1. The smallest absolute Gasteiger partial charge is 0.191 e. The molecule has 0 aliphatic carbocycles. The van der Waals surface area contributed by atoms with Crippen molar-refractivity contribution < 1.29 is 4.79 Å². The van der Waals surface area contributed by atoms with Gasteiger partial charge in [-0.25, -0.2) is 0 Å². The van der Waals surface area contributed by atoms with Gasteiger partial charge in [0.25, 0.3) is 0 Å². The molecule has 0 saturated heterocycles. The summed E-state index contributed by atoms with van der Waals surface area (Å²) in [6.07, 6.45) is 4.36. The summed E-state index contributed by atoms with van der Waals surface area (Å²) in [4.78, 5) is 11.7. The highest BCUT2D eigenvalue weighted by molar-refractivity contribution is 8.04. The molecule has 0 bridgehead atoms. The van der Waals surface area contributed by atoms with Crippen molar-refractivity contribution in [3.63, 3.8) is 0 Å². The van der Waals surface area contributed by atoms with Gasteiger partial charge in [-0.3, -0.25) is 4.79 Å². The van der Waals surface area contributed by atoms with E-state index in [1.807, 2.05) is 6.08 Å². The van der Waals surface area contributed by atoms with Crippen molar-refractivity contribution in [2.24, 2.45) is 0 Å². The first-order valence-electron chi connectivity index (χ1n) is 2.84.